The molecule has 9 heteroatoms. The lowest BCUT2D eigenvalue weighted by Gasteiger charge is -2.55. The van der Waals surface area contributed by atoms with Crippen LogP contribution in [0, 0.1) is 34.5 Å². The second-order valence-electron chi connectivity index (χ2n) is 12.4. The lowest BCUT2D eigenvalue weighted by Crippen LogP contribution is -2.70. The molecule has 12 atom stereocenters. The number of aliphatic hydroxyl groups excluding tert-OH is 3. The van der Waals surface area contributed by atoms with Crippen molar-refractivity contribution in [2.75, 3.05) is 6.61 Å². The number of hydrogen-bond donors (Lipinski definition) is 5. The lowest BCUT2D eigenvalue weighted by molar-refractivity contribution is -0.251. The maximum atomic E-state index is 13.2. The molecule has 196 valence electrons. The molecule has 0 radical (unpaired) electrons. The largest absolute Gasteiger partial charge is 0.455 e. The first-order chi connectivity index (χ1) is 16.0. The van der Waals surface area contributed by atoms with Crippen molar-refractivity contribution in [1.82, 2.24) is 0 Å². The molecule has 0 amide bonds. The number of epoxide rings is 1. The third kappa shape index (κ3) is 2.25. The molecule has 0 spiro atoms. The highest BCUT2D eigenvalue weighted by molar-refractivity contribution is 6.05. The highest BCUT2D eigenvalue weighted by atomic mass is 16.6. The van der Waals surface area contributed by atoms with Crippen molar-refractivity contribution in [3.63, 3.8) is 0 Å². The fourth-order valence-corrected chi connectivity index (χ4v) is 8.56. The van der Waals surface area contributed by atoms with Gasteiger partial charge in [-0.15, -0.1) is 0 Å². The van der Waals surface area contributed by atoms with E-state index in [0.29, 0.717) is 6.42 Å². The van der Waals surface area contributed by atoms with Crippen LogP contribution in [0.15, 0.2) is 11.6 Å². The Labute approximate surface area is 205 Å². The number of fused-ring (bicyclic) bond motifs is 7. The van der Waals surface area contributed by atoms with Crippen molar-refractivity contribution in [2.45, 2.75) is 95.6 Å². The molecule has 4 fully saturated rings. The van der Waals surface area contributed by atoms with Crippen molar-refractivity contribution in [2.24, 2.45) is 34.5 Å². The second-order valence-corrected chi connectivity index (χ2v) is 12.4. The minimum Gasteiger partial charge on any atom is -0.455 e. The first-order valence-corrected chi connectivity index (χ1v) is 12.6. The third-order valence-corrected chi connectivity index (χ3v) is 11.3. The highest BCUT2D eigenvalue weighted by Crippen LogP contribution is 2.86. The molecule has 0 aromatic carbocycles. The number of carbonyl (C=O) groups is 2. The molecule has 0 aromatic rings. The van der Waals surface area contributed by atoms with E-state index in [4.69, 9.17) is 9.47 Å². The van der Waals surface area contributed by atoms with Gasteiger partial charge in [-0.2, -0.15) is 0 Å². The van der Waals surface area contributed by atoms with Gasteiger partial charge in [-0.25, -0.2) is 0 Å². The fourth-order valence-electron chi connectivity index (χ4n) is 8.56. The molecule has 1 saturated heterocycles. The summed E-state index contributed by atoms with van der Waals surface area (Å²) in [5, 5.41) is 57.8. The third-order valence-electron chi connectivity index (χ3n) is 11.3. The molecule has 0 bridgehead atoms. The van der Waals surface area contributed by atoms with Gasteiger partial charge < -0.3 is 35.0 Å². The van der Waals surface area contributed by atoms with Crippen LogP contribution >= 0.6 is 0 Å². The average molecular weight is 495 g/mol. The smallest absolute Gasteiger partial charge is 0.309 e. The molecule has 5 aliphatic rings. The summed E-state index contributed by atoms with van der Waals surface area (Å²) in [6, 6.07) is 0. The van der Waals surface area contributed by atoms with Crippen molar-refractivity contribution in [1.29, 1.82) is 0 Å². The van der Waals surface area contributed by atoms with Crippen LogP contribution in [0.2, 0.25) is 0 Å². The fraction of sp³-hybridized carbons (Fsp3) is 0.846. The van der Waals surface area contributed by atoms with E-state index >= 15 is 0 Å². The minimum absolute atomic E-state index is 0.179. The number of aliphatic hydroxyl groups is 5. The topological polar surface area (TPSA) is 157 Å². The molecule has 5 N–H and O–H groups in total. The van der Waals surface area contributed by atoms with E-state index in [1.54, 1.807) is 13.8 Å². The summed E-state index contributed by atoms with van der Waals surface area (Å²) in [5.74, 6) is -4.73. The van der Waals surface area contributed by atoms with E-state index < -0.39 is 93.6 Å². The lowest BCUT2D eigenvalue weighted by atomic mass is 9.55. The Hall–Kier alpha value is -1.36. The molecular weight excluding hydrogens is 456 g/mol. The normalized spacial score (nSPS) is 56.0. The van der Waals surface area contributed by atoms with Gasteiger partial charge in [-0.3, -0.25) is 9.59 Å². The Morgan fingerprint density at radius 1 is 1.23 bits per heavy atom. The van der Waals surface area contributed by atoms with Crippen molar-refractivity contribution in [3.8, 4) is 0 Å². The predicted octanol–water partition coefficient (Wildman–Crippen LogP) is 0.0992. The number of hydrogen-bond acceptors (Lipinski definition) is 9. The van der Waals surface area contributed by atoms with Gasteiger partial charge >= 0.3 is 5.97 Å². The SMILES string of the molecule is CCC(C)C(=O)OC12C(O)[C@@H](C)C3(O)[C@@H]4C=C(C)C(=O)C4(O)C(O)C4(CO)OC4[C@H]3[C@@]1(C)C2(C)C. The number of rotatable bonds is 4. The maximum absolute atomic E-state index is 13.2. The Balaban J connectivity index is 1.75. The second kappa shape index (κ2) is 6.74. The van der Waals surface area contributed by atoms with Crippen LogP contribution in [0.5, 0.6) is 0 Å². The first kappa shape index (κ1) is 25.3. The number of ether oxygens (including phenoxy) is 2. The summed E-state index contributed by atoms with van der Waals surface area (Å²) in [5.41, 5.74) is -9.14. The van der Waals surface area contributed by atoms with E-state index in [9.17, 15) is 35.1 Å². The highest BCUT2D eigenvalue weighted by Gasteiger charge is 2.97. The molecule has 9 nitrogen and oxygen atoms in total. The predicted molar refractivity (Wildman–Crippen MR) is 122 cm³/mol. The van der Waals surface area contributed by atoms with Gasteiger partial charge in [0.05, 0.1) is 24.2 Å². The number of esters is 1. The Bertz CT molecular complexity index is 1040. The van der Waals surface area contributed by atoms with Gasteiger partial charge in [0.2, 0.25) is 0 Å². The van der Waals surface area contributed by atoms with Crippen molar-refractivity contribution in [3.05, 3.63) is 11.6 Å². The molecule has 1 aliphatic heterocycles. The molecule has 35 heavy (non-hydrogen) atoms. The molecule has 4 aliphatic carbocycles. The number of carbonyl (C=O) groups excluding carboxylic acids is 2. The minimum atomic E-state index is -2.44. The summed E-state index contributed by atoms with van der Waals surface area (Å²) in [6.45, 7) is 11.6. The molecule has 0 aromatic heterocycles. The summed E-state index contributed by atoms with van der Waals surface area (Å²) in [6.07, 6.45) is -2.06. The van der Waals surface area contributed by atoms with Crippen LogP contribution in [-0.2, 0) is 19.1 Å². The molecular formula is C26H38O9. The van der Waals surface area contributed by atoms with Crippen LogP contribution in [0.4, 0.5) is 0 Å². The standard InChI is InChI=1S/C26H38O9/c1-8-11(2)19(30)35-26-17(29)13(4)24(32)14-9-12(3)16(28)25(14,33)20(31)23(10-27)18(34-23)15(24)22(26,7)21(26,5)6/h9,11,13-15,17-18,20,27,29,31-33H,8,10H2,1-7H3/t11?,13-,14+,15+,17?,18?,20?,22+,23?,24?,25?,26?/m1/s1. The zero-order chi connectivity index (χ0) is 26.3. The summed E-state index contributed by atoms with van der Waals surface area (Å²) >= 11 is 0. The van der Waals surface area contributed by atoms with Crippen molar-refractivity contribution >= 4 is 11.8 Å². The van der Waals surface area contributed by atoms with Crippen LogP contribution in [0.3, 0.4) is 0 Å². The molecule has 8 unspecified atom stereocenters. The van der Waals surface area contributed by atoms with E-state index in [0.717, 1.165) is 0 Å². The van der Waals surface area contributed by atoms with E-state index in [2.05, 4.69) is 0 Å². The van der Waals surface area contributed by atoms with Crippen LogP contribution in [0.25, 0.3) is 0 Å². The zero-order valence-electron chi connectivity index (χ0n) is 21.4. The quantitative estimate of drug-likeness (QED) is 0.270. The van der Waals surface area contributed by atoms with Gasteiger partial charge in [0.15, 0.2) is 17.0 Å². The van der Waals surface area contributed by atoms with Gasteiger partial charge in [0.25, 0.3) is 0 Å². The van der Waals surface area contributed by atoms with Gasteiger partial charge in [-0.05, 0) is 18.9 Å². The zero-order valence-corrected chi connectivity index (χ0v) is 21.4. The number of ketones is 1. The average Bonchev–Trinajstić information content (AvgIpc) is 3.60. The van der Waals surface area contributed by atoms with E-state index in [1.807, 2.05) is 27.7 Å². The van der Waals surface area contributed by atoms with Gasteiger partial charge in [0, 0.05) is 28.6 Å². The van der Waals surface area contributed by atoms with Crippen LogP contribution in [0.1, 0.15) is 54.9 Å². The Kier molecular flexibility index (Phi) is 4.87. The van der Waals surface area contributed by atoms with E-state index in [1.165, 1.54) is 13.0 Å². The Morgan fingerprint density at radius 3 is 2.37 bits per heavy atom. The maximum Gasteiger partial charge on any atom is 0.309 e. The number of Topliss-reactive ketones (excluding diaryl/α,β-unsaturated/α-hetero) is 1. The van der Waals surface area contributed by atoms with Crippen LogP contribution in [-0.4, -0.2) is 84.6 Å². The molecule has 5 rings (SSSR count). The van der Waals surface area contributed by atoms with Gasteiger partial charge in [-0.1, -0.05) is 47.6 Å². The van der Waals surface area contributed by atoms with Gasteiger partial charge in [0.1, 0.15) is 17.8 Å². The van der Waals surface area contributed by atoms with E-state index in [-0.39, 0.29) is 5.57 Å². The van der Waals surface area contributed by atoms with Crippen LogP contribution < -0.4 is 0 Å². The summed E-state index contributed by atoms with van der Waals surface area (Å²) < 4.78 is 12.1. The monoisotopic (exact) mass is 494 g/mol. The Morgan fingerprint density at radius 2 is 1.83 bits per heavy atom. The molecule has 1 heterocycles. The first-order valence-electron chi connectivity index (χ1n) is 12.6. The molecule has 3 saturated carbocycles. The summed E-state index contributed by atoms with van der Waals surface area (Å²) in [4.78, 5) is 26.3. The van der Waals surface area contributed by atoms with Crippen molar-refractivity contribution < 1.29 is 44.6 Å². The summed E-state index contributed by atoms with van der Waals surface area (Å²) in [7, 11) is 0.